The number of rotatable bonds is 1. The summed E-state index contributed by atoms with van der Waals surface area (Å²) in [6.07, 6.45) is 0.868. The Morgan fingerprint density at radius 2 is 2.44 bits per heavy atom. The Bertz CT molecular complexity index is 87.1. The van der Waals surface area contributed by atoms with E-state index < -0.39 is 0 Å². The van der Waals surface area contributed by atoms with Crippen LogP contribution in [-0.4, -0.2) is 31.7 Å². The third-order valence-corrected chi connectivity index (χ3v) is 1.75. The molecule has 0 saturated carbocycles. The molecule has 0 bridgehead atoms. The van der Waals surface area contributed by atoms with Crippen molar-refractivity contribution < 1.29 is 9.84 Å². The molecule has 0 spiro atoms. The van der Waals surface area contributed by atoms with Gasteiger partial charge in [-0.15, -0.1) is 0 Å². The summed E-state index contributed by atoms with van der Waals surface area (Å²) in [5.74, 6) is 0.391. The zero-order valence-corrected chi connectivity index (χ0v) is 5.58. The lowest BCUT2D eigenvalue weighted by Gasteiger charge is -2.07. The highest BCUT2D eigenvalue weighted by molar-refractivity contribution is 6.11. The van der Waals surface area contributed by atoms with Crippen LogP contribution in [-0.2, 0) is 4.74 Å². The van der Waals surface area contributed by atoms with Gasteiger partial charge in [0, 0.05) is 6.00 Å². The average molecular weight is 126 g/mol. The molecule has 0 aromatic rings. The Hall–Kier alpha value is -0.0151. The molecular weight excluding hydrogens is 115 g/mol. The predicted molar refractivity (Wildman–Crippen MR) is 35.3 cm³/mol. The van der Waals surface area contributed by atoms with E-state index in [2.05, 4.69) is 0 Å². The van der Waals surface area contributed by atoms with Crippen LogP contribution in [0.25, 0.3) is 0 Å². The van der Waals surface area contributed by atoms with Crippen molar-refractivity contribution in [3.05, 3.63) is 0 Å². The van der Waals surface area contributed by atoms with Crippen LogP contribution in [0.4, 0.5) is 0 Å². The second-order valence-corrected chi connectivity index (χ2v) is 2.62. The molecule has 1 fully saturated rings. The maximum atomic E-state index is 8.62. The molecule has 2 nitrogen and oxygen atoms in total. The summed E-state index contributed by atoms with van der Waals surface area (Å²) in [6, 6.07) is -0.165. The second kappa shape index (κ2) is 2.71. The number of hydrogen-bond donors (Lipinski definition) is 1. The molecule has 1 aliphatic rings. The van der Waals surface area contributed by atoms with Gasteiger partial charge in [-0.1, -0.05) is 6.92 Å². The number of hydrogen-bond acceptors (Lipinski definition) is 2. The first kappa shape index (κ1) is 7.10. The lowest BCUT2D eigenvalue weighted by atomic mass is 9.88. The smallest absolute Gasteiger partial charge is 0.109 e. The van der Waals surface area contributed by atoms with Crippen LogP contribution in [0.3, 0.4) is 0 Å². The van der Waals surface area contributed by atoms with Crippen molar-refractivity contribution in [2.45, 2.75) is 25.5 Å². The minimum Gasteiger partial charge on any atom is -0.394 e. The molecule has 1 rings (SSSR count). The van der Waals surface area contributed by atoms with Gasteiger partial charge in [-0.25, -0.2) is 0 Å². The van der Waals surface area contributed by atoms with Gasteiger partial charge >= 0.3 is 0 Å². The predicted octanol–water partition coefficient (Wildman–Crippen LogP) is -0.102. The minimum absolute atomic E-state index is 0.0185. The van der Waals surface area contributed by atoms with Crippen molar-refractivity contribution in [3.63, 3.8) is 0 Å². The summed E-state index contributed by atoms with van der Waals surface area (Å²) in [6.45, 7) is 2.12. The van der Waals surface area contributed by atoms with Crippen LogP contribution in [0.15, 0.2) is 0 Å². The van der Waals surface area contributed by atoms with Gasteiger partial charge in [0.05, 0.1) is 12.7 Å². The fraction of sp³-hybridized carbons (Fsp3) is 1.00. The quantitative estimate of drug-likeness (QED) is 0.497. The Morgan fingerprint density at radius 3 is 2.67 bits per heavy atom. The maximum absolute atomic E-state index is 8.62. The van der Waals surface area contributed by atoms with E-state index in [-0.39, 0.29) is 18.7 Å². The van der Waals surface area contributed by atoms with Crippen molar-refractivity contribution in [2.75, 3.05) is 6.61 Å². The summed E-state index contributed by atoms with van der Waals surface area (Å²) >= 11 is 0. The molecule has 0 aromatic carbocycles. The van der Waals surface area contributed by atoms with Crippen LogP contribution in [0.2, 0.25) is 0 Å². The van der Waals surface area contributed by atoms with E-state index in [1.54, 1.807) is 0 Å². The Balaban J connectivity index is 2.35. The van der Waals surface area contributed by atoms with Crippen LogP contribution >= 0.6 is 0 Å². The lowest BCUT2D eigenvalue weighted by Crippen LogP contribution is -2.15. The van der Waals surface area contributed by atoms with Gasteiger partial charge in [0.15, 0.2) is 0 Å². The minimum atomic E-state index is -0.165. The summed E-state index contributed by atoms with van der Waals surface area (Å²) < 4.78 is 5.15. The molecule has 1 aliphatic heterocycles. The highest BCUT2D eigenvalue weighted by atomic mass is 16.5. The first-order chi connectivity index (χ1) is 4.24. The molecule has 1 heterocycles. The molecule has 3 heteroatoms. The van der Waals surface area contributed by atoms with E-state index in [1.165, 1.54) is 0 Å². The third kappa shape index (κ3) is 1.46. The first-order valence-corrected chi connectivity index (χ1v) is 3.26. The molecule has 9 heavy (non-hydrogen) atoms. The molecule has 3 atom stereocenters. The van der Waals surface area contributed by atoms with Crippen molar-refractivity contribution in [1.29, 1.82) is 0 Å². The normalized spacial score (nSPS) is 43.6. The van der Waals surface area contributed by atoms with Crippen molar-refractivity contribution in [2.24, 2.45) is 5.92 Å². The molecule has 1 saturated heterocycles. The number of aliphatic hydroxyl groups is 1. The summed E-state index contributed by atoms with van der Waals surface area (Å²) in [5, 5.41) is 8.62. The molecule has 50 valence electrons. The van der Waals surface area contributed by atoms with Crippen LogP contribution < -0.4 is 0 Å². The van der Waals surface area contributed by atoms with Gasteiger partial charge in [0.25, 0.3) is 0 Å². The monoisotopic (exact) mass is 126 g/mol. The van der Waals surface area contributed by atoms with Gasteiger partial charge < -0.3 is 9.84 Å². The Kier molecular flexibility index (Phi) is 2.14. The molecule has 1 N–H and O–H groups in total. The third-order valence-electron chi connectivity index (χ3n) is 1.75. The first-order valence-electron chi connectivity index (χ1n) is 3.26. The standard InChI is InChI=1S/C6H11BO2/c1-4-2-5(3-8)9-6(4)7/h4-6,8H,2-3H2,1H3/t4?,5-,6+/m0/s1. The van der Waals surface area contributed by atoms with Crippen molar-refractivity contribution in [3.8, 4) is 0 Å². The van der Waals surface area contributed by atoms with Gasteiger partial charge in [-0.3, -0.25) is 0 Å². The summed E-state index contributed by atoms with van der Waals surface area (Å²) in [4.78, 5) is 0. The molecule has 0 aliphatic carbocycles. The van der Waals surface area contributed by atoms with E-state index in [1.807, 2.05) is 6.92 Å². The van der Waals surface area contributed by atoms with Crippen LogP contribution in [0.5, 0.6) is 0 Å². The van der Waals surface area contributed by atoms with Gasteiger partial charge in [-0.2, -0.15) is 0 Å². The topological polar surface area (TPSA) is 29.5 Å². The molecule has 0 aromatic heterocycles. The SMILES string of the molecule is [B][C@@H]1O[C@H](CO)CC1C. The fourth-order valence-electron chi connectivity index (χ4n) is 1.08. The maximum Gasteiger partial charge on any atom is 0.109 e. The fourth-order valence-corrected chi connectivity index (χ4v) is 1.08. The van der Waals surface area contributed by atoms with Gasteiger partial charge in [0.1, 0.15) is 7.85 Å². The summed E-state index contributed by atoms with van der Waals surface area (Å²) in [7, 11) is 5.51. The summed E-state index contributed by atoms with van der Waals surface area (Å²) in [5.41, 5.74) is 0. The van der Waals surface area contributed by atoms with Crippen molar-refractivity contribution >= 4 is 7.85 Å². The van der Waals surface area contributed by atoms with E-state index in [0.717, 1.165) is 6.42 Å². The molecule has 2 radical (unpaired) electrons. The van der Waals surface area contributed by atoms with Gasteiger partial charge in [-0.05, 0) is 12.3 Å². The Labute approximate surface area is 56.6 Å². The van der Waals surface area contributed by atoms with Crippen LogP contribution in [0.1, 0.15) is 13.3 Å². The zero-order chi connectivity index (χ0) is 6.85. The second-order valence-electron chi connectivity index (χ2n) is 2.62. The molecule has 0 amide bonds. The largest absolute Gasteiger partial charge is 0.394 e. The Morgan fingerprint density at radius 1 is 1.78 bits per heavy atom. The zero-order valence-electron chi connectivity index (χ0n) is 5.58. The number of aliphatic hydroxyl groups excluding tert-OH is 1. The van der Waals surface area contributed by atoms with E-state index in [0.29, 0.717) is 5.92 Å². The van der Waals surface area contributed by atoms with E-state index >= 15 is 0 Å². The van der Waals surface area contributed by atoms with Gasteiger partial charge in [0.2, 0.25) is 0 Å². The highest BCUT2D eigenvalue weighted by Gasteiger charge is 2.27. The molecular formula is C6H11BO2. The lowest BCUT2D eigenvalue weighted by molar-refractivity contribution is 0.0405. The number of ether oxygens (including phenoxy) is 1. The van der Waals surface area contributed by atoms with E-state index in [9.17, 15) is 0 Å². The van der Waals surface area contributed by atoms with Crippen molar-refractivity contribution in [1.82, 2.24) is 0 Å². The van der Waals surface area contributed by atoms with Crippen LogP contribution in [0, 0.1) is 5.92 Å². The van der Waals surface area contributed by atoms with E-state index in [4.69, 9.17) is 17.7 Å². The molecule has 1 unspecified atom stereocenters. The average Bonchev–Trinajstić information content (AvgIpc) is 2.13. The highest BCUT2D eigenvalue weighted by Crippen LogP contribution is 2.23.